The van der Waals surface area contributed by atoms with Crippen LogP contribution in [0.5, 0.6) is 0 Å². The van der Waals surface area contributed by atoms with Gasteiger partial charge >= 0.3 is 12.1 Å². The van der Waals surface area contributed by atoms with Crippen LogP contribution in [0.4, 0.5) is 4.79 Å². The lowest BCUT2D eigenvalue weighted by Crippen LogP contribution is -2.39. The van der Waals surface area contributed by atoms with Crippen molar-refractivity contribution in [2.24, 2.45) is 0 Å². The van der Waals surface area contributed by atoms with E-state index >= 15 is 0 Å². The molecule has 24 heavy (non-hydrogen) atoms. The number of amides is 2. The molecular weight excluding hydrogens is 330 g/mol. The number of hydrogen-bond donors (Lipinski definition) is 1. The van der Waals surface area contributed by atoms with Crippen LogP contribution >= 0.6 is 11.3 Å². The SMILES string of the molecule is COC(=O)NC(=O)[C@@H](C)OC(=O)c1sccc1-c1ccc(C)cc1. The van der Waals surface area contributed by atoms with E-state index in [1.165, 1.54) is 18.3 Å². The molecule has 0 unspecified atom stereocenters. The van der Waals surface area contributed by atoms with E-state index in [9.17, 15) is 14.4 Å². The van der Waals surface area contributed by atoms with Crippen molar-refractivity contribution >= 4 is 29.3 Å². The monoisotopic (exact) mass is 347 g/mol. The van der Waals surface area contributed by atoms with Gasteiger partial charge in [-0.1, -0.05) is 29.8 Å². The van der Waals surface area contributed by atoms with Crippen LogP contribution in [-0.2, 0) is 14.3 Å². The molecule has 0 bridgehead atoms. The molecule has 0 aliphatic heterocycles. The van der Waals surface area contributed by atoms with Crippen molar-refractivity contribution in [3.8, 4) is 11.1 Å². The van der Waals surface area contributed by atoms with Gasteiger partial charge in [-0.3, -0.25) is 10.1 Å². The highest BCUT2D eigenvalue weighted by Crippen LogP contribution is 2.29. The summed E-state index contributed by atoms with van der Waals surface area (Å²) in [6.07, 6.45) is -2.02. The topological polar surface area (TPSA) is 81.7 Å². The van der Waals surface area contributed by atoms with Gasteiger partial charge in [0.05, 0.1) is 7.11 Å². The van der Waals surface area contributed by atoms with E-state index in [0.29, 0.717) is 4.88 Å². The Morgan fingerprint density at radius 2 is 1.79 bits per heavy atom. The Balaban J connectivity index is 2.11. The number of methoxy groups -OCH3 is 1. The predicted octanol–water partition coefficient (Wildman–Crippen LogP) is 3.15. The molecule has 1 N–H and O–H groups in total. The summed E-state index contributed by atoms with van der Waals surface area (Å²) in [5, 5.41) is 3.74. The van der Waals surface area contributed by atoms with E-state index in [0.717, 1.165) is 23.8 Å². The maximum atomic E-state index is 12.3. The molecule has 7 heteroatoms. The standard InChI is InChI=1S/C17H17NO5S/c1-10-4-6-12(7-5-10)13-8-9-24-14(13)16(20)23-11(2)15(19)18-17(21)22-3/h4-9,11H,1-3H3,(H,18,19,21)/t11-/m1/s1. The number of thiophene rings is 1. The number of imide groups is 1. The smallest absolute Gasteiger partial charge is 0.413 e. The summed E-state index contributed by atoms with van der Waals surface area (Å²) in [6.45, 7) is 3.36. The highest BCUT2D eigenvalue weighted by Gasteiger charge is 2.23. The first kappa shape index (κ1) is 17.7. The normalized spacial score (nSPS) is 11.5. The average Bonchev–Trinajstić information content (AvgIpc) is 3.04. The fraction of sp³-hybridized carbons (Fsp3) is 0.235. The van der Waals surface area contributed by atoms with Crippen LogP contribution in [-0.4, -0.2) is 31.2 Å². The highest BCUT2D eigenvalue weighted by molar-refractivity contribution is 7.12. The molecule has 1 heterocycles. The van der Waals surface area contributed by atoms with Crippen molar-refractivity contribution in [2.75, 3.05) is 7.11 Å². The number of carbonyl (C=O) groups is 3. The number of benzene rings is 1. The summed E-state index contributed by atoms with van der Waals surface area (Å²) >= 11 is 1.23. The van der Waals surface area contributed by atoms with Gasteiger partial charge in [0.15, 0.2) is 6.10 Å². The average molecular weight is 347 g/mol. The lowest BCUT2D eigenvalue weighted by atomic mass is 10.1. The minimum atomic E-state index is -1.12. The third-order valence-corrected chi connectivity index (χ3v) is 4.17. The van der Waals surface area contributed by atoms with Gasteiger partial charge in [-0.2, -0.15) is 0 Å². The first-order valence-corrected chi connectivity index (χ1v) is 8.04. The number of rotatable bonds is 4. The lowest BCUT2D eigenvalue weighted by Gasteiger charge is -2.12. The molecule has 2 amide bonds. The molecule has 0 aliphatic carbocycles. The number of carbonyl (C=O) groups excluding carboxylic acids is 3. The quantitative estimate of drug-likeness (QED) is 0.859. The molecule has 0 spiro atoms. The zero-order valence-corrected chi connectivity index (χ0v) is 14.3. The molecule has 2 aromatic rings. The second kappa shape index (κ2) is 7.74. The summed E-state index contributed by atoms with van der Waals surface area (Å²) < 4.78 is 9.46. The molecule has 0 aliphatic rings. The van der Waals surface area contributed by atoms with Crippen LogP contribution in [0.2, 0.25) is 0 Å². The van der Waals surface area contributed by atoms with Crippen LogP contribution in [0.25, 0.3) is 11.1 Å². The number of nitrogens with one attached hydrogen (secondary N) is 1. The second-order valence-electron chi connectivity index (χ2n) is 5.06. The number of esters is 1. The fourth-order valence-electron chi connectivity index (χ4n) is 1.95. The second-order valence-corrected chi connectivity index (χ2v) is 5.97. The molecule has 6 nitrogen and oxygen atoms in total. The maximum Gasteiger partial charge on any atom is 0.413 e. The Labute approximate surface area is 143 Å². The summed E-state index contributed by atoms with van der Waals surface area (Å²) in [7, 11) is 1.14. The molecule has 2 rings (SSSR count). The molecule has 1 atom stereocenters. The van der Waals surface area contributed by atoms with E-state index < -0.39 is 24.1 Å². The van der Waals surface area contributed by atoms with Crippen molar-refractivity contribution in [2.45, 2.75) is 20.0 Å². The van der Waals surface area contributed by atoms with E-state index in [-0.39, 0.29) is 0 Å². The van der Waals surface area contributed by atoms with Crippen molar-refractivity contribution in [1.82, 2.24) is 5.32 Å². The minimum absolute atomic E-state index is 0.400. The number of hydrogen-bond acceptors (Lipinski definition) is 6. The number of ether oxygens (including phenoxy) is 2. The summed E-state index contributed by atoms with van der Waals surface area (Å²) in [6, 6.07) is 9.57. The first-order chi connectivity index (χ1) is 11.4. The minimum Gasteiger partial charge on any atom is -0.453 e. The van der Waals surface area contributed by atoms with Crippen molar-refractivity contribution in [3.05, 3.63) is 46.2 Å². The van der Waals surface area contributed by atoms with Gasteiger partial charge in [0.1, 0.15) is 4.88 Å². The number of aryl methyl sites for hydroxylation is 1. The fourth-order valence-corrected chi connectivity index (χ4v) is 2.75. The van der Waals surface area contributed by atoms with Gasteiger partial charge in [-0.25, -0.2) is 9.59 Å². The van der Waals surface area contributed by atoms with Gasteiger partial charge in [0.2, 0.25) is 0 Å². The Morgan fingerprint density at radius 1 is 1.12 bits per heavy atom. The lowest BCUT2D eigenvalue weighted by molar-refractivity contribution is -0.128. The first-order valence-electron chi connectivity index (χ1n) is 7.16. The molecule has 1 aromatic carbocycles. The van der Waals surface area contributed by atoms with Crippen LogP contribution in [0, 0.1) is 6.92 Å². The van der Waals surface area contributed by atoms with Gasteiger partial charge in [0, 0.05) is 5.56 Å². The summed E-state index contributed by atoms with van der Waals surface area (Å²) in [4.78, 5) is 35.5. The van der Waals surface area contributed by atoms with E-state index in [1.807, 2.05) is 42.6 Å². The maximum absolute atomic E-state index is 12.3. The Kier molecular flexibility index (Phi) is 5.70. The summed E-state index contributed by atoms with van der Waals surface area (Å²) in [5.74, 6) is -1.36. The largest absolute Gasteiger partial charge is 0.453 e. The van der Waals surface area contributed by atoms with Crippen LogP contribution in [0.1, 0.15) is 22.2 Å². The predicted molar refractivity (Wildman–Crippen MR) is 89.9 cm³/mol. The number of alkyl carbamates (subject to hydrolysis) is 1. The van der Waals surface area contributed by atoms with E-state index in [4.69, 9.17) is 4.74 Å². The van der Waals surface area contributed by atoms with E-state index in [2.05, 4.69) is 4.74 Å². The zero-order chi connectivity index (χ0) is 17.7. The van der Waals surface area contributed by atoms with Crippen LogP contribution in [0.15, 0.2) is 35.7 Å². The van der Waals surface area contributed by atoms with Crippen molar-refractivity contribution in [1.29, 1.82) is 0 Å². The van der Waals surface area contributed by atoms with Gasteiger partial charge in [0.25, 0.3) is 5.91 Å². The Bertz CT molecular complexity index is 751. The summed E-state index contributed by atoms with van der Waals surface area (Å²) in [5.41, 5.74) is 2.75. The zero-order valence-electron chi connectivity index (χ0n) is 13.5. The molecule has 0 radical (unpaired) electrons. The molecule has 1 aromatic heterocycles. The Hall–Kier alpha value is -2.67. The highest BCUT2D eigenvalue weighted by atomic mass is 32.1. The molecule has 0 fully saturated rings. The molecule has 126 valence electrons. The Morgan fingerprint density at radius 3 is 2.42 bits per heavy atom. The van der Waals surface area contributed by atoms with Crippen molar-refractivity contribution in [3.63, 3.8) is 0 Å². The molecule has 0 saturated carbocycles. The van der Waals surface area contributed by atoms with Gasteiger partial charge in [-0.05, 0) is 30.9 Å². The molecule has 0 saturated heterocycles. The van der Waals surface area contributed by atoms with Gasteiger partial charge < -0.3 is 9.47 Å². The molecular formula is C17H17NO5S. The third kappa shape index (κ3) is 4.20. The third-order valence-electron chi connectivity index (χ3n) is 3.28. The van der Waals surface area contributed by atoms with E-state index in [1.54, 1.807) is 5.38 Å². The van der Waals surface area contributed by atoms with Gasteiger partial charge in [-0.15, -0.1) is 11.3 Å². The van der Waals surface area contributed by atoms with Crippen LogP contribution < -0.4 is 5.32 Å². The van der Waals surface area contributed by atoms with Crippen molar-refractivity contribution < 1.29 is 23.9 Å². The van der Waals surface area contributed by atoms with Crippen LogP contribution in [0.3, 0.4) is 0 Å².